The summed E-state index contributed by atoms with van der Waals surface area (Å²) in [5.74, 6) is -2.52. The van der Waals surface area contributed by atoms with E-state index in [2.05, 4.69) is 11.4 Å². The highest BCUT2D eigenvalue weighted by Gasteiger charge is 2.84. The molecule has 0 aromatic heterocycles. The lowest BCUT2D eigenvalue weighted by Gasteiger charge is -2.59. The number of nitrogens with one attached hydrogen (secondary N) is 1. The fourth-order valence-corrected chi connectivity index (χ4v) is 10.9. The summed E-state index contributed by atoms with van der Waals surface area (Å²) in [6.07, 6.45) is 5.09. The van der Waals surface area contributed by atoms with Crippen LogP contribution in [0.1, 0.15) is 113 Å². The molecule has 4 heterocycles. The summed E-state index contributed by atoms with van der Waals surface area (Å²) in [7, 11) is 2.93. The van der Waals surface area contributed by atoms with Crippen molar-refractivity contribution >= 4 is 29.6 Å². The molecule has 0 radical (unpaired) electrons. The first-order chi connectivity index (χ1) is 32.5. The Labute approximate surface area is 401 Å². The van der Waals surface area contributed by atoms with Crippen LogP contribution in [0.4, 0.5) is 0 Å². The van der Waals surface area contributed by atoms with E-state index >= 15 is 9.59 Å². The van der Waals surface area contributed by atoms with Gasteiger partial charge in [0.2, 0.25) is 6.29 Å². The quantitative estimate of drug-likeness (QED) is 0.0695. The fraction of sp³-hybridized carbons (Fsp3) is 0.509. The van der Waals surface area contributed by atoms with Crippen LogP contribution >= 0.6 is 0 Å². The van der Waals surface area contributed by atoms with Gasteiger partial charge in [0.25, 0.3) is 0 Å². The van der Waals surface area contributed by atoms with E-state index in [4.69, 9.17) is 33.2 Å². The number of ether oxygens (including phenoxy) is 7. The summed E-state index contributed by atoms with van der Waals surface area (Å²) in [6, 6.07) is 5.63. The van der Waals surface area contributed by atoms with Crippen LogP contribution in [-0.4, -0.2) is 123 Å². The van der Waals surface area contributed by atoms with E-state index in [1.54, 1.807) is 26.1 Å². The van der Waals surface area contributed by atoms with Crippen LogP contribution in [0, 0.1) is 5.92 Å². The smallest absolute Gasteiger partial charge is 0.343 e. The molecule has 16 nitrogen and oxygen atoms in total. The number of allylic oxidation sites excluding steroid dienone is 4. The second-order valence-electron chi connectivity index (χ2n) is 20.2. The minimum absolute atomic E-state index is 0.0377. The number of ketones is 2. The van der Waals surface area contributed by atoms with Crippen LogP contribution in [0.15, 0.2) is 76.9 Å². The number of aliphatic hydroxyl groups excluding tert-OH is 4. The normalized spacial score (nSPS) is 32.4. The highest BCUT2D eigenvalue weighted by Crippen LogP contribution is 2.69. The summed E-state index contributed by atoms with van der Waals surface area (Å²) in [6.45, 7) is 14.6. The van der Waals surface area contributed by atoms with Gasteiger partial charge in [-0.15, -0.1) is 0 Å². The predicted molar refractivity (Wildman–Crippen MR) is 251 cm³/mol. The number of hydrogen-bond acceptors (Lipinski definition) is 16. The first-order valence-corrected chi connectivity index (χ1v) is 23.4. The molecule has 1 saturated carbocycles. The molecule has 10 atom stereocenters. The van der Waals surface area contributed by atoms with Gasteiger partial charge < -0.3 is 58.9 Å². The average molecular weight is 954 g/mol. The zero-order chi connectivity index (χ0) is 50.2. The van der Waals surface area contributed by atoms with E-state index < -0.39 is 88.9 Å². The van der Waals surface area contributed by atoms with E-state index in [0.29, 0.717) is 29.7 Å². The maximum atomic E-state index is 16.0. The van der Waals surface area contributed by atoms with E-state index in [1.165, 1.54) is 31.4 Å². The van der Waals surface area contributed by atoms with Gasteiger partial charge >= 0.3 is 11.9 Å². The Balaban J connectivity index is 1.30. The van der Waals surface area contributed by atoms with Crippen LogP contribution in [0.3, 0.4) is 0 Å². The largest absolute Gasteiger partial charge is 0.482 e. The van der Waals surface area contributed by atoms with Crippen LogP contribution in [-0.2, 0) is 30.2 Å². The lowest BCUT2D eigenvalue weighted by molar-refractivity contribution is -0.277. The van der Waals surface area contributed by atoms with Crippen molar-refractivity contribution in [2.75, 3.05) is 20.8 Å². The lowest BCUT2D eigenvalue weighted by Crippen LogP contribution is -2.79. The maximum Gasteiger partial charge on any atom is 0.343 e. The van der Waals surface area contributed by atoms with Crippen molar-refractivity contribution in [2.45, 2.75) is 146 Å². The second kappa shape index (κ2) is 18.1. The molecule has 7 aliphatic rings. The Morgan fingerprint density at radius 3 is 2.25 bits per heavy atom. The molecular formula is C53H63NO15. The van der Waals surface area contributed by atoms with Crippen molar-refractivity contribution in [2.24, 2.45) is 5.92 Å². The fourth-order valence-electron chi connectivity index (χ4n) is 10.9. The molecule has 5 N–H and O–H groups in total. The summed E-state index contributed by atoms with van der Waals surface area (Å²) in [5.41, 5.74) is -3.45. The number of hydrogen-bond donors (Lipinski definition) is 5. The minimum atomic E-state index is -1.82. The Bertz CT molecular complexity index is 2620. The van der Waals surface area contributed by atoms with Crippen molar-refractivity contribution < 1.29 is 72.8 Å². The molecule has 370 valence electrons. The summed E-state index contributed by atoms with van der Waals surface area (Å²) in [5, 5.41) is 43.9. The van der Waals surface area contributed by atoms with Gasteiger partial charge in [-0.25, -0.2) is 9.59 Å². The highest BCUT2D eigenvalue weighted by molar-refractivity contribution is 6.20. The van der Waals surface area contributed by atoms with Gasteiger partial charge in [-0.2, -0.15) is 0 Å². The van der Waals surface area contributed by atoms with Crippen molar-refractivity contribution in [3.63, 3.8) is 0 Å². The van der Waals surface area contributed by atoms with Crippen LogP contribution in [0.25, 0.3) is 6.08 Å². The SMILES string of the molecule is CNC12C=C3C(=O)c4c(OC(=O)c5ccc(O[C@@H]6O[C@H](CO)[C@@H](O)[C@@H](O)[C@H]6O)cc5)c5c(c(CC=C(C)C)c4OC34C(C1)C(C)(C)OC4(C/C=C(/C)C(=O)OC)C2=O)OC(C)(CCC=C(C)C)C=C5. The van der Waals surface area contributed by atoms with Gasteiger partial charge in [-0.3, -0.25) is 9.59 Å². The number of benzene rings is 2. The zero-order valence-corrected chi connectivity index (χ0v) is 40.8. The van der Waals surface area contributed by atoms with Crippen LogP contribution in [0.5, 0.6) is 23.0 Å². The number of methoxy groups -OCH3 is 1. The van der Waals surface area contributed by atoms with Gasteiger partial charge in [0.15, 0.2) is 28.5 Å². The Morgan fingerprint density at radius 1 is 0.913 bits per heavy atom. The summed E-state index contributed by atoms with van der Waals surface area (Å²) in [4.78, 5) is 58.5. The number of likely N-dealkylation sites (N-methyl/N-ethyl adjacent to an activating group) is 1. The molecule has 4 aliphatic heterocycles. The molecule has 0 amide bonds. The van der Waals surface area contributed by atoms with Gasteiger partial charge in [0.1, 0.15) is 58.4 Å². The molecule has 2 aromatic rings. The molecule has 3 fully saturated rings. The van der Waals surface area contributed by atoms with Crippen molar-refractivity contribution in [3.05, 3.63) is 99.2 Å². The molecule has 4 bridgehead atoms. The Morgan fingerprint density at radius 2 is 1.61 bits per heavy atom. The Kier molecular flexibility index (Phi) is 13.1. The van der Waals surface area contributed by atoms with Crippen molar-refractivity contribution in [3.8, 4) is 23.0 Å². The predicted octanol–water partition coefficient (Wildman–Crippen LogP) is 5.36. The second-order valence-corrected chi connectivity index (χ2v) is 20.2. The number of esters is 2. The van der Waals surface area contributed by atoms with Gasteiger partial charge in [-0.05, 0) is 131 Å². The van der Waals surface area contributed by atoms with Crippen molar-refractivity contribution in [1.29, 1.82) is 0 Å². The molecule has 2 aromatic carbocycles. The lowest BCUT2D eigenvalue weighted by atomic mass is 9.48. The summed E-state index contributed by atoms with van der Waals surface area (Å²) < 4.78 is 44.2. The van der Waals surface area contributed by atoms with Gasteiger partial charge in [0.05, 0.1) is 30.4 Å². The number of aliphatic hydroxyl groups is 4. The van der Waals surface area contributed by atoms with E-state index in [0.717, 1.165) is 11.1 Å². The van der Waals surface area contributed by atoms with E-state index in [9.17, 15) is 30.0 Å². The molecule has 1 spiro atoms. The monoisotopic (exact) mass is 953 g/mol. The van der Waals surface area contributed by atoms with E-state index in [1.807, 2.05) is 66.7 Å². The maximum absolute atomic E-state index is 16.0. The van der Waals surface area contributed by atoms with Gasteiger partial charge in [0, 0.05) is 29.0 Å². The zero-order valence-electron chi connectivity index (χ0n) is 40.8. The third-order valence-corrected chi connectivity index (χ3v) is 14.6. The third kappa shape index (κ3) is 8.07. The van der Waals surface area contributed by atoms with Crippen molar-refractivity contribution in [1.82, 2.24) is 5.32 Å². The molecule has 9 rings (SSSR count). The highest BCUT2D eigenvalue weighted by atomic mass is 16.7. The number of carbonyl (C=O) groups is 4. The van der Waals surface area contributed by atoms with Crippen LogP contribution in [0.2, 0.25) is 0 Å². The molecule has 3 aliphatic carbocycles. The molecular weight excluding hydrogens is 891 g/mol. The number of rotatable bonds is 14. The van der Waals surface area contributed by atoms with Gasteiger partial charge in [-0.1, -0.05) is 29.4 Å². The first kappa shape index (κ1) is 49.9. The standard InChI is InChI=1S/C53H63NO15/c1-27(2)12-11-21-50(8)22-20-33-42(67-50)32(18-13-28(3)4)44-37(43(33)66-46(61)30-14-16-31(17-15-30)64-47-41(59)40(58)39(57)35(26-55)65-47)38(56)34-24-51(54-9)25-36-49(6,7)69-52(48(51)62,53(34,36)68-44)23-19-29(5)45(60)63-10/h12-17,19-20,22,24,35-36,39-41,47,54-55,57-59H,11,18,21,23,25-26H2,1-10H3/b29-19-/t35-,36?,39-,40-,41-,47-,50?,51?,52?,53?/m1/s1. The topological polar surface area (TPSA) is 226 Å². The van der Waals surface area contributed by atoms with Crippen LogP contribution < -0.4 is 24.3 Å². The molecule has 2 saturated heterocycles. The van der Waals surface area contributed by atoms with E-state index in [-0.39, 0.29) is 64.6 Å². The minimum Gasteiger partial charge on any atom is -0.482 e. The first-order valence-electron chi connectivity index (χ1n) is 23.4. The Hall–Kier alpha value is -5.46. The third-order valence-electron chi connectivity index (χ3n) is 14.6. The number of carbonyl (C=O) groups excluding carboxylic acids is 4. The number of Topliss-reactive ketones (excluding diaryl/α,β-unsaturated/α-hetero) is 2. The number of fused-ring (bicyclic) bond motifs is 2. The average Bonchev–Trinajstić information content (AvgIpc) is 3.47. The molecule has 16 heteroatoms. The molecule has 5 unspecified atom stereocenters. The molecule has 69 heavy (non-hydrogen) atoms. The summed E-state index contributed by atoms with van der Waals surface area (Å²) >= 11 is 0.